The van der Waals surface area contributed by atoms with E-state index in [1.807, 2.05) is 0 Å². The first-order chi connectivity index (χ1) is 5.34. The molecule has 1 N–H and O–H groups in total. The SMILES string of the molecule is CCONC(=O)C1=COCC1. The number of hydroxylamine groups is 1. The number of ether oxygens (including phenoxy) is 1. The summed E-state index contributed by atoms with van der Waals surface area (Å²) in [4.78, 5) is 15.7. The molecule has 4 nitrogen and oxygen atoms in total. The van der Waals surface area contributed by atoms with E-state index in [0.29, 0.717) is 25.2 Å². The molecule has 0 unspecified atom stereocenters. The van der Waals surface area contributed by atoms with Crippen LogP contribution in [0.1, 0.15) is 13.3 Å². The second kappa shape index (κ2) is 3.98. The summed E-state index contributed by atoms with van der Waals surface area (Å²) in [7, 11) is 0. The fraction of sp³-hybridized carbons (Fsp3) is 0.571. The molecule has 0 atom stereocenters. The highest BCUT2D eigenvalue weighted by molar-refractivity contribution is 5.92. The minimum Gasteiger partial charge on any atom is -0.500 e. The van der Waals surface area contributed by atoms with Gasteiger partial charge in [0.05, 0.1) is 25.0 Å². The summed E-state index contributed by atoms with van der Waals surface area (Å²) in [6.45, 7) is 2.87. The Balaban J connectivity index is 2.29. The minimum absolute atomic E-state index is 0.204. The number of amides is 1. The Labute approximate surface area is 65.1 Å². The summed E-state index contributed by atoms with van der Waals surface area (Å²) >= 11 is 0. The Morgan fingerprint density at radius 1 is 1.91 bits per heavy atom. The van der Waals surface area contributed by atoms with Gasteiger partial charge in [-0.1, -0.05) is 0 Å². The number of rotatable bonds is 3. The van der Waals surface area contributed by atoms with Gasteiger partial charge in [-0.2, -0.15) is 0 Å². The zero-order chi connectivity index (χ0) is 8.10. The Morgan fingerprint density at radius 2 is 2.73 bits per heavy atom. The molecule has 1 aliphatic heterocycles. The van der Waals surface area contributed by atoms with Crippen LogP contribution in [0, 0.1) is 0 Å². The first-order valence-electron chi connectivity index (χ1n) is 3.57. The van der Waals surface area contributed by atoms with Crippen LogP contribution in [0.25, 0.3) is 0 Å². The lowest BCUT2D eigenvalue weighted by atomic mass is 10.2. The average Bonchev–Trinajstić information content (AvgIpc) is 2.52. The highest BCUT2D eigenvalue weighted by atomic mass is 16.6. The van der Waals surface area contributed by atoms with Crippen molar-refractivity contribution in [1.82, 2.24) is 5.48 Å². The van der Waals surface area contributed by atoms with Crippen LogP contribution >= 0.6 is 0 Å². The molecule has 11 heavy (non-hydrogen) atoms. The predicted octanol–water partition coefficient (Wildman–Crippen LogP) is 0.358. The van der Waals surface area contributed by atoms with Gasteiger partial charge < -0.3 is 4.74 Å². The summed E-state index contributed by atoms with van der Waals surface area (Å²) in [5, 5.41) is 0. The zero-order valence-electron chi connectivity index (χ0n) is 6.42. The molecule has 1 aliphatic rings. The Kier molecular flexibility index (Phi) is 2.92. The maximum atomic E-state index is 11.0. The standard InChI is InChI=1S/C7H11NO3/c1-2-11-8-7(9)6-3-4-10-5-6/h5H,2-4H2,1H3,(H,8,9). The topological polar surface area (TPSA) is 47.6 Å². The molecule has 1 rings (SSSR count). The molecule has 0 saturated carbocycles. The van der Waals surface area contributed by atoms with E-state index < -0.39 is 0 Å². The van der Waals surface area contributed by atoms with Gasteiger partial charge in [0.15, 0.2) is 0 Å². The van der Waals surface area contributed by atoms with Crippen LogP contribution in [0.3, 0.4) is 0 Å². The third-order valence-electron chi connectivity index (χ3n) is 1.32. The Hall–Kier alpha value is -1.03. The lowest BCUT2D eigenvalue weighted by Crippen LogP contribution is -2.24. The van der Waals surface area contributed by atoms with Gasteiger partial charge in [0, 0.05) is 6.42 Å². The van der Waals surface area contributed by atoms with E-state index in [0.717, 1.165) is 0 Å². The molecule has 62 valence electrons. The molecular weight excluding hydrogens is 146 g/mol. The van der Waals surface area contributed by atoms with Gasteiger partial charge in [-0.25, -0.2) is 5.48 Å². The second-order valence-electron chi connectivity index (χ2n) is 2.13. The summed E-state index contributed by atoms with van der Waals surface area (Å²) in [5.74, 6) is -0.204. The van der Waals surface area contributed by atoms with Gasteiger partial charge in [-0.3, -0.25) is 9.63 Å². The van der Waals surface area contributed by atoms with Gasteiger partial charge >= 0.3 is 0 Å². The highest BCUT2D eigenvalue weighted by Gasteiger charge is 2.13. The predicted molar refractivity (Wildman–Crippen MR) is 38.4 cm³/mol. The number of hydrogen-bond donors (Lipinski definition) is 1. The van der Waals surface area contributed by atoms with Crippen LogP contribution in [-0.4, -0.2) is 19.1 Å². The molecule has 1 heterocycles. The van der Waals surface area contributed by atoms with Crippen molar-refractivity contribution in [1.29, 1.82) is 0 Å². The highest BCUT2D eigenvalue weighted by Crippen LogP contribution is 2.09. The molecule has 0 aromatic carbocycles. The third kappa shape index (κ3) is 2.23. The van der Waals surface area contributed by atoms with E-state index in [2.05, 4.69) is 5.48 Å². The van der Waals surface area contributed by atoms with E-state index in [4.69, 9.17) is 9.57 Å². The van der Waals surface area contributed by atoms with Crippen LogP contribution < -0.4 is 5.48 Å². The van der Waals surface area contributed by atoms with Gasteiger partial charge in [0.2, 0.25) is 0 Å². The second-order valence-corrected chi connectivity index (χ2v) is 2.13. The van der Waals surface area contributed by atoms with Crippen LogP contribution in [-0.2, 0) is 14.4 Å². The van der Waals surface area contributed by atoms with Gasteiger partial charge in [0.1, 0.15) is 0 Å². The largest absolute Gasteiger partial charge is 0.500 e. The fourth-order valence-corrected chi connectivity index (χ4v) is 0.758. The Bertz CT molecular complexity index is 177. The summed E-state index contributed by atoms with van der Waals surface area (Å²) in [5.41, 5.74) is 2.92. The van der Waals surface area contributed by atoms with Crippen molar-refractivity contribution in [3.05, 3.63) is 11.8 Å². The molecule has 0 saturated heterocycles. The van der Waals surface area contributed by atoms with E-state index in [-0.39, 0.29) is 5.91 Å². The average molecular weight is 157 g/mol. The lowest BCUT2D eigenvalue weighted by Gasteiger charge is -2.01. The third-order valence-corrected chi connectivity index (χ3v) is 1.32. The van der Waals surface area contributed by atoms with Crippen LogP contribution in [0.5, 0.6) is 0 Å². The van der Waals surface area contributed by atoms with Crippen LogP contribution in [0.4, 0.5) is 0 Å². The summed E-state index contributed by atoms with van der Waals surface area (Å²) < 4.78 is 4.88. The molecule has 0 fully saturated rings. The van der Waals surface area contributed by atoms with E-state index in [1.165, 1.54) is 6.26 Å². The molecule has 0 radical (unpaired) electrons. The van der Waals surface area contributed by atoms with Crippen molar-refractivity contribution in [3.63, 3.8) is 0 Å². The quantitative estimate of drug-likeness (QED) is 0.601. The monoisotopic (exact) mass is 157 g/mol. The van der Waals surface area contributed by atoms with Crippen molar-refractivity contribution in [3.8, 4) is 0 Å². The number of nitrogens with one attached hydrogen (secondary N) is 1. The van der Waals surface area contributed by atoms with Crippen molar-refractivity contribution < 1.29 is 14.4 Å². The zero-order valence-corrected chi connectivity index (χ0v) is 6.42. The molecule has 0 aromatic heterocycles. The number of carbonyl (C=O) groups is 1. The lowest BCUT2D eigenvalue weighted by molar-refractivity contribution is -0.129. The molecule has 0 bridgehead atoms. The van der Waals surface area contributed by atoms with Crippen LogP contribution in [0.2, 0.25) is 0 Å². The summed E-state index contributed by atoms with van der Waals surface area (Å²) in [6.07, 6.45) is 2.13. The molecule has 1 amide bonds. The number of carbonyl (C=O) groups excluding carboxylic acids is 1. The maximum absolute atomic E-state index is 11.0. The normalized spacial score (nSPS) is 15.5. The van der Waals surface area contributed by atoms with E-state index in [1.54, 1.807) is 6.92 Å². The molecular formula is C7H11NO3. The van der Waals surface area contributed by atoms with E-state index >= 15 is 0 Å². The molecule has 4 heteroatoms. The fourth-order valence-electron chi connectivity index (χ4n) is 0.758. The molecule has 0 aromatic rings. The first kappa shape index (κ1) is 8.07. The first-order valence-corrected chi connectivity index (χ1v) is 3.57. The van der Waals surface area contributed by atoms with Crippen molar-refractivity contribution in [2.45, 2.75) is 13.3 Å². The van der Waals surface area contributed by atoms with Gasteiger partial charge in [-0.15, -0.1) is 0 Å². The van der Waals surface area contributed by atoms with Crippen molar-refractivity contribution in [2.75, 3.05) is 13.2 Å². The smallest absolute Gasteiger partial charge is 0.273 e. The van der Waals surface area contributed by atoms with Crippen LogP contribution in [0.15, 0.2) is 11.8 Å². The maximum Gasteiger partial charge on any atom is 0.273 e. The minimum atomic E-state index is -0.204. The van der Waals surface area contributed by atoms with Crippen molar-refractivity contribution in [2.24, 2.45) is 0 Å². The molecule has 0 spiro atoms. The number of hydrogen-bond acceptors (Lipinski definition) is 3. The summed E-state index contributed by atoms with van der Waals surface area (Å²) in [6, 6.07) is 0. The Morgan fingerprint density at radius 3 is 3.27 bits per heavy atom. The van der Waals surface area contributed by atoms with Gasteiger partial charge in [-0.05, 0) is 6.92 Å². The molecule has 0 aliphatic carbocycles. The van der Waals surface area contributed by atoms with E-state index in [9.17, 15) is 4.79 Å². The van der Waals surface area contributed by atoms with Gasteiger partial charge in [0.25, 0.3) is 5.91 Å². The van der Waals surface area contributed by atoms with Crippen molar-refractivity contribution >= 4 is 5.91 Å².